The number of alkyl carbamates (subject to hydrolysis) is 1. The Morgan fingerprint density at radius 2 is 1.74 bits per heavy atom. The predicted octanol–water partition coefficient (Wildman–Crippen LogP) is 3.32. The number of hydrogen-bond donors (Lipinski definition) is 2. The number of carbonyl (C=O) groups excluding carboxylic acids is 1. The second-order valence-electron chi connectivity index (χ2n) is 5.74. The van der Waals surface area contributed by atoms with Crippen LogP contribution in [0.1, 0.15) is 66.2 Å². The Morgan fingerprint density at radius 1 is 1.16 bits per heavy atom. The maximum Gasteiger partial charge on any atom is 0.408 e. The van der Waals surface area contributed by atoms with Gasteiger partial charge in [0.25, 0.3) is 0 Å². The van der Waals surface area contributed by atoms with Gasteiger partial charge in [0.2, 0.25) is 0 Å². The van der Waals surface area contributed by atoms with Crippen LogP contribution in [0, 0.1) is 0 Å². The fourth-order valence-corrected chi connectivity index (χ4v) is 1.66. The zero-order valence-corrected chi connectivity index (χ0v) is 12.5. The van der Waals surface area contributed by atoms with Crippen molar-refractivity contribution in [2.45, 2.75) is 77.9 Å². The van der Waals surface area contributed by atoms with E-state index in [4.69, 9.17) is 9.84 Å². The quantitative estimate of drug-likeness (QED) is 0.665. The van der Waals surface area contributed by atoms with Crippen molar-refractivity contribution >= 4 is 12.1 Å². The van der Waals surface area contributed by atoms with Crippen molar-refractivity contribution in [1.29, 1.82) is 0 Å². The highest BCUT2D eigenvalue weighted by Crippen LogP contribution is 2.10. The molecule has 0 saturated carbocycles. The lowest BCUT2D eigenvalue weighted by Crippen LogP contribution is -2.43. The van der Waals surface area contributed by atoms with Crippen LogP contribution in [0.4, 0.5) is 4.79 Å². The Bertz CT molecular complexity index is 284. The average molecular weight is 273 g/mol. The van der Waals surface area contributed by atoms with Gasteiger partial charge in [0.15, 0.2) is 0 Å². The smallest absolute Gasteiger partial charge is 0.408 e. The number of amides is 1. The first-order valence-electron chi connectivity index (χ1n) is 6.98. The van der Waals surface area contributed by atoms with E-state index < -0.39 is 23.7 Å². The number of ether oxygens (including phenoxy) is 1. The normalized spacial score (nSPS) is 12.8. The summed E-state index contributed by atoms with van der Waals surface area (Å²) in [7, 11) is 0. The molecule has 0 heterocycles. The minimum atomic E-state index is -1.01. The summed E-state index contributed by atoms with van der Waals surface area (Å²) in [6.07, 6.45) is 4.98. The fourth-order valence-electron chi connectivity index (χ4n) is 1.66. The Hall–Kier alpha value is -1.26. The third-order valence-corrected chi connectivity index (χ3v) is 2.59. The fraction of sp³-hybridized carbons (Fsp3) is 0.857. The van der Waals surface area contributed by atoms with E-state index in [0.717, 1.165) is 32.1 Å². The van der Waals surface area contributed by atoms with Crippen molar-refractivity contribution in [2.75, 3.05) is 0 Å². The molecule has 0 aromatic rings. The molecule has 0 rings (SSSR count). The maximum absolute atomic E-state index is 11.5. The summed E-state index contributed by atoms with van der Waals surface area (Å²) >= 11 is 0. The number of nitrogens with one attached hydrogen (secondary N) is 1. The van der Waals surface area contributed by atoms with Gasteiger partial charge in [0, 0.05) is 0 Å². The molecule has 5 heteroatoms. The van der Waals surface area contributed by atoms with E-state index in [9.17, 15) is 9.59 Å². The molecule has 0 aromatic carbocycles. The van der Waals surface area contributed by atoms with Crippen molar-refractivity contribution in [1.82, 2.24) is 5.32 Å². The molecule has 1 amide bonds. The topological polar surface area (TPSA) is 75.6 Å². The number of aliphatic carboxylic acids is 1. The second-order valence-corrected chi connectivity index (χ2v) is 5.74. The summed E-state index contributed by atoms with van der Waals surface area (Å²) in [5.74, 6) is -1.01. The molecule has 0 aliphatic carbocycles. The van der Waals surface area contributed by atoms with Gasteiger partial charge in [-0.3, -0.25) is 0 Å². The van der Waals surface area contributed by atoms with Crippen molar-refractivity contribution in [3.63, 3.8) is 0 Å². The predicted molar refractivity (Wildman–Crippen MR) is 74.2 cm³/mol. The molecule has 1 atom stereocenters. The van der Waals surface area contributed by atoms with Crippen molar-refractivity contribution in [2.24, 2.45) is 0 Å². The molecule has 0 saturated heterocycles. The van der Waals surface area contributed by atoms with Crippen LogP contribution in [0.3, 0.4) is 0 Å². The standard InChI is InChI=1S/C14H27NO4/c1-5-6-7-8-9-10-11(12(16)17)15-13(18)19-14(2,3)4/h11H,5-10H2,1-4H3,(H,15,18)(H,16,17)/t11-/m0/s1. The highest BCUT2D eigenvalue weighted by atomic mass is 16.6. The molecule has 0 bridgehead atoms. The number of rotatable bonds is 8. The lowest BCUT2D eigenvalue weighted by Gasteiger charge is -2.22. The molecule has 19 heavy (non-hydrogen) atoms. The minimum absolute atomic E-state index is 0.443. The highest BCUT2D eigenvalue weighted by Gasteiger charge is 2.23. The van der Waals surface area contributed by atoms with Crippen molar-refractivity contribution in [3.05, 3.63) is 0 Å². The van der Waals surface area contributed by atoms with Crippen LogP contribution in [-0.2, 0) is 9.53 Å². The van der Waals surface area contributed by atoms with Gasteiger partial charge in [-0.2, -0.15) is 0 Å². The molecular formula is C14H27NO4. The van der Waals surface area contributed by atoms with E-state index >= 15 is 0 Å². The Balaban J connectivity index is 4.05. The van der Waals surface area contributed by atoms with E-state index in [1.54, 1.807) is 20.8 Å². The Kier molecular flexibility index (Phi) is 8.19. The first-order chi connectivity index (χ1) is 8.76. The van der Waals surface area contributed by atoms with Gasteiger partial charge >= 0.3 is 12.1 Å². The monoisotopic (exact) mass is 273 g/mol. The summed E-state index contributed by atoms with van der Waals surface area (Å²) in [6, 6.07) is -0.864. The Morgan fingerprint density at radius 3 is 2.21 bits per heavy atom. The molecule has 0 fully saturated rings. The number of hydrogen-bond acceptors (Lipinski definition) is 3. The SMILES string of the molecule is CCCCCCC[C@H](NC(=O)OC(C)(C)C)C(=O)O. The molecule has 0 unspecified atom stereocenters. The third-order valence-electron chi connectivity index (χ3n) is 2.59. The van der Waals surface area contributed by atoms with Gasteiger partial charge in [-0.15, -0.1) is 0 Å². The first-order valence-corrected chi connectivity index (χ1v) is 6.98. The van der Waals surface area contributed by atoms with Gasteiger partial charge in [-0.1, -0.05) is 39.0 Å². The third kappa shape index (κ3) is 10.4. The minimum Gasteiger partial charge on any atom is -0.480 e. The molecule has 0 radical (unpaired) electrons. The Labute approximate surface area is 115 Å². The summed E-state index contributed by atoms with van der Waals surface area (Å²) in [4.78, 5) is 22.6. The zero-order chi connectivity index (χ0) is 14.9. The van der Waals surface area contributed by atoms with Crippen LogP contribution in [0.25, 0.3) is 0 Å². The molecule has 0 spiro atoms. The zero-order valence-electron chi connectivity index (χ0n) is 12.5. The van der Waals surface area contributed by atoms with E-state index in [1.165, 1.54) is 0 Å². The molecule has 5 nitrogen and oxygen atoms in total. The van der Waals surface area contributed by atoms with E-state index in [2.05, 4.69) is 12.2 Å². The number of carboxylic acid groups (broad SMARTS) is 1. The first kappa shape index (κ1) is 17.7. The summed E-state index contributed by atoms with van der Waals surface area (Å²) in [6.45, 7) is 7.36. The number of unbranched alkanes of at least 4 members (excludes halogenated alkanes) is 4. The highest BCUT2D eigenvalue weighted by molar-refractivity contribution is 5.79. The van der Waals surface area contributed by atoms with Crippen LogP contribution in [0.5, 0.6) is 0 Å². The molecule has 112 valence electrons. The second kappa shape index (κ2) is 8.77. The van der Waals surface area contributed by atoms with Gasteiger partial charge in [0.05, 0.1) is 0 Å². The van der Waals surface area contributed by atoms with E-state index in [1.807, 2.05) is 0 Å². The van der Waals surface area contributed by atoms with E-state index in [-0.39, 0.29) is 0 Å². The molecule has 2 N–H and O–H groups in total. The number of carbonyl (C=O) groups is 2. The number of carboxylic acids is 1. The van der Waals surface area contributed by atoms with Gasteiger partial charge in [-0.25, -0.2) is 9.59 Å². The van der Waals surface area contributed by atoms with Crippen LogP contribution in [0.15, 0.2) is 0 Å². The van der Waals surface area contributed by atoms with Gasteiger partial charge in [0.1, 0.15) is 11.6 Å². The van der Waals surface area contributed by atoms with Crippen LogP contribution >= 0.6 is 0 Å². The average Bonchev–Trinajstić information content (AvgIpc) is 2.24. The van der Waals surface area contributed by atoms with Crippen LogP contribution < -0.4 is 5.32 Å². The van der Waals surface area contributed by atoms with E-state index in [0.29, 0.717) is 6.42 Å². The summed E-state index contributed by atoms with van der Waals surface area (Å²) in [5, 5.41) is 11.5. The lowest BCUT2D eigenvalue weighted by atomic mass is 10.1. The molecule has 0 aliphatic rings. The van der Waals surface area contributed by atoms with Gasteiger partial charge in [-0.05, 0) is 27.2 Å². The summed E-state index contributed by atoms with van der Waals surface area (Å²) < 4.78 is 5.05. The van der Waals surface area contributed by atoms with Crippen molar-refractivity contribution in [3.8, 4) is 0 Å². The van der Waals surface area contributed by atoms with Crippen LogP contribution in [-0.4, -0.2) is 28.8 Å². The molecular weight excluding hydrogens is 246 g/mol. The van der Waals surface area contributed by atoms with Crippen LogP contribution in [0.2, 0.25) is 0 Å². The lowest BCUT2D eigenvalue weighted by molar-refractivity contribution is -0.139. The largest absolute Gasteiger partial charge is 0.480 e. The maximum atomic E-state index is 11.5. The van der Waals surface area contributed by atoms with Gasteiger partial charge < -0.3 is 15.2 Å². The molecule has 0 aliphatic heterocycles. The summed E-state index contributed by atoms with van der Waals surface area (Å²) in [5.41, 5.74) is -0.617. The molecule has 0 aromatic heterocycles. The van der Waals surface area contributed by atoms with Crippen molar-refractivity contribution < 1.29 is 19.4 Å².